The maximum atomic E-state index is 11.6. The average Bonchev–Trinajstić information content (AvgIpc) is 2.71. The normalized spacial score (nSPS) is 26.4. The van der Waals surface area contributed by atoms with Crippen molar-refractivity contribution >= 4 is 23.9 Å². The van der Waals surface area contributed by atoms with Gasteiger partial charge in [0.25, 0.3) is 0 Å². The van der Waals surface area contributed by atoms with Crippen LogP contribution in [0.4, 0.5) is 0 Å². The smallest absolute Gasteiger partial charge is 0.333 e. The van der Waals surface area contributed by atoms with E-state index in [0.717, 1.165) is 6.42 Å². The Hall–Kier alpha value is -2.48. The van der Waals surface area contributed by atoms with E-state index in [1.54, 1.807) is 6.08 Å². The van der Waals surface area contributed by atoms with Gasteiger partial charge in [-0.3, -0.25) is 14.4 Å². The third-order valence-corrected chi connectivity index (χ3v) is 3.65. The third kappa shape index (κ3) is 4.26. The second-order valence-corrected chi connectivity index (χ2v) is 5.23. The molecule has 8 nitrogen and oxygen atoms in total. The monoisotopic (exact) mass is 326 g/mol. The van der Waals surface area contributed by atoms with E-state index in [-0.39, 0.29) is 11.9 Å². The van der Waals surface area contributed by atoms with Gasteiger partial charge in [0.2, 0.25) is 0 Å². The number of carbonyl (C=O) groups is 4. The second kappa shape index (κ2) is 7.68. The number of hydrogen-bond acceptors (Lipinski definition) is 6. The van der Waals surface area contributed by atoms with Crippen LogP contribution in [-0.2, 0) is 23.9 Å². The molecule has 2 aliphatic rings. The number of carboxylic acid groups (broad SMARTS) is 2. The van der Waals surface area contributed by atoms with Gasteiger partial charge in [0, 0.05) is 0 Å². The van der Waals surface area contributed by atoms with Gasteiger partial charge in [-0.05, 0) is 19.3 Å². The van der Waals surface area contributed by atoms with Crippen LogP contribution in [0.15, 0.2) is 24.8 Å². The van der Waals surface area contributed by atoms with Gasteiger partial charge in [-0.1, -0.05) is 18.2 Å². The van der Waals surface area contributed by atoms with Gasteiger partial charge in [0.1, 0.15) is 5.41 Å². The fraction of sp³-hybridized carbons (Fsp3) is 0.467. The zero-order valence-electron chi connectivity index (χ0n) is 12.3. The van der Waals surface area contributed by atoms with E-state index in [1.807, 2.05) is 12.2 Å². The number of rotatable bonds is 5. The Labute approximate surface area is 132 Å². The number of esters is 2. The summed E-state index contributed by atoms with van der Waals surface area (Å²) in [6.45, 7) is 3.62. The summed E-state index contributed by atoms with van der Waals surface area (Å²) in [6.07, 6.45) is 4.91. The van der Waals surface area contributed by atoms with Crippen molar-refractivity contribution in [1.82, 2.24) is 0 Å². The number of cyclic esters (lactones) is 2. The molecule has 1 aliphatic carbocycles. The van der Waals surface area contributed by atoms with E-state index in [2.05, 4.69) is 11.3 Å². The number of carbonyl (C=O) groups excluding carboxylic acids is 2. The SMILES string of the molecule is C=CCC12C=CCCC1C(=O)OC2=O.O=C(O)CC(O)C(=O)O. The van der Waals surface area contributed by atoms with Gasteiger partial charge in [0.15, 0.2) is 6.10 Å². The first-order valence-electron chi connectivity index (χ1n) is 6.92. The molecule has 0 aromatic heterocycles. The fourth-order valence-corrected chi connectivity index (χ4v) is 2.51. The molecule has 126 valence electrons. The van der Waals surface area contributed by atoms with Crippen LogP contribution < -0.4 is 0 Å². The zero-order chi connectivity index (χ0) is 17.6. The molecule has 3 atom stereocenters. The summed E-state index contributed by atoms with van der Waals surface area (Å²) in [4.78, 5) is 42.4. The summed E-state index contributed by atoms with van der Waals surface area (Å²) in [5.74, 6) is -3.93. The Kier molecular flexibility index (Phi) is 6.20. The van der Waals surface area contributed by atoms with Gasteiger partial charge in [-0.15, -0.1) is 6.58 Å². The minimum absolute atomic E-state index is 0.294. The molecule has 23 heavy (non-hydrogen) atoms. The Morgan fingerprint density at radius 3 is 2.57 bits per heavy atom. The predicted octanol–water partition coefficient (Wildman–Crippen LogP) is 0.505. The molecule has 8 heteroatoms. The Bertz CT molecular complexity index is 550. The van der Waals surface area contributed by atoms with E-state index in [0.29, 0.717) is 12.8 Å². The molecule has 0 saturated carbocycles. The molecule has 0 amide bonds. The molecule has 0 bridgehead atoms. The number of fused-ring (bicyclic) bond motifs is 1. The van der Waals surface area contributed by atoms with Crippen LogP contribution in [0.2, 0.25) is 0 Å². The lowest BCUT2D eigenvalue weighted by atomic mass is 9.70. The highest BCUT2D eigenvalue weighted by molar-refractivity contribution is 6.00. The van der Waals surface area contributed by atoms with E-state index >= 15 is 0 Å². The van der Waals surface area contributed by atoms with Crippen LogP contribution in [0, 0.1) is 11.3 Å². The zero-order valence-corrected chi connectivity index (χ0v) is 12.3. The number of hydrogen-bond donors (Lipinski definition) is 3. The number of carboxylic acids is 2. The molecule has 2 rings (SSSR count). The molecule has 1 fully saturated rings. The topological polar surface area (TPSA) is 138 Å². The molecule has 1 heterocycles. The molecular weight excluding hydrogens is 308 g/mol. The van der Waals surface area contributed by atoms with Crippen molar-refractivity contribution in [2.75, 3.05) is 0 Å². The summed E-state index contributed by atoms with van der Waals surface area (Å²) in [6, 6.07) is 0. The van der Waals surface area contributed by atoms with Gasteiger partial charge in [0.05, 0.1) is 12.3 Å². The molecular formula is C15H18O8. The first kappa shape index (κ1) is 18.6. The summed E-state index contributed by atoms with van der Waals surface area (Å²) in [7, 11) is 0. The minimum atomic E-state index is -1.79. The van der Waals surface area contributed by atoms with Crippen LogP contribution in [0.1, 0.15) is 25.7 Å². The number of ether oxygens (including phenoxy) is 1. The highest BCUT2D eigenvalue weighted by Crippen LogP contribution is 2.46. The second-order valence-electron chi connectivity index (χ2n) is 5.23. The quantitative estimate of drug-likeness (QED) is 0.377. The van der Waals surface area contributed by atoms with Gasteiger partial charge < -0.3 is 20.1 Å². The summed E-state index contributed by atoms with van der Waals surface area (Å²) < 4.78 is 4.69. The molecule has 0 aromatic carbocycles. The minimum Gasteiger partial charge on any atom is -0.481 e. The van der Waals surface area contributed by atoms with Crippen molar-refractivity contribution in [2.45, 2.75) is 31.8 Å². The fourth-order valence-electron chi connectivity index (χ4n) is 2.51. The number of allylic oxidation sites excluding steroid dienone is 2. The van der Waals surface area contributed by atoms with Crippen molar-refractivity contribution in [1.29, 1.82) is 0 Å². The highest BCUT2D eigenvalue weighted by Gasteiger charge is 2.55. The predicted molar refractivity (Wildman–Crippen MR) is 76.1 cm³/mol. The lowest BCUT2D eigenvalue weighted by Gasteiger charge is -2.27. The summed E-state index contributed by atoms with van der Waals surface area (Å²) in [5.41, 5.74) is -0.739. The first-order chi connectivity index (χ1) is 10.7. The maximum absolute atomic E-state index is 11.6. The maximum Gasteiger partial charge on any atom is 0.333 e. The summed E-state index contributed by atoms with van der Waals surface area (Å²) >= 11 is 0. The van der Waals surface area contributed by atoms with Gasteiger partial charge in [-0.2, -0.15) is 0 Å². The third-order valence-electron chi connectivity index (χ3n) is 3.65. The van der Waals surface area contributed by atoms with Crippen LogP contribution in [0.3, 0.4) is 0 Å². The number of aliphatic carboxylic acids is 2. The molecule has 1 aliphatic heterocycles. The Morgan fingerprint density at radius 2 is 2.09 bits per heavy atom. The lowest BCUT2D eigenvalue weighted by Crippen LogP contribution is -2.33. The molecule has 0 aromatic rings. The largest absolute Gasteiger partial charge is 0.481 e. The van der Waals surface area contributed by atoms with E-state index in [4.69, 9.17) is 15.3 Å². The van der Waals surface area contributed by atoms with Crippen LogP contribution in [0.5, 0.6) is 0 Å². The van der Waals surface area contributed by atoms with E-state index < -0.39 is 35.8 Å². The van der Waals surface area contributed by atoms with Gasteiger partial charge >= 0.3 is 23.9 Å². The lowest BCUT2D eigenvalue weighted by molar-refractivity contribution is -0.154. The standard InChI is InChI=1S/C11H12O3.C4H6O5/c1-2-6-11-7-4-3-5-8(11)9(12)14-10(11)13;5-2(4(8)9)1-3(6)7/h2,4,7-8H,1,3,5-6H2;2,5H,1H2,(H,6,7)(H,8,9). The van der Waals surface area contributed by atoms with Crippen molar-refractivity contribution in [2.24, 2.45) is 11.3 Å². The van der Waals surface area contributed by atoms with Crippen LogP contribution in [-0.4, -0.2) is 45.3 Å². The van der Waals surface area contributed by atoms with Crippen LogP contribution in [0.25, 0.3) is 0 Å². The Balaban J connectivity index is 0.000000257. The van der Waals surface area contributed by atoms with Crippen molar-refractivity contribution in [3.8, 4) is 0 Å². The van der Waals surface area contributed by atoms with Crippen LogP contribution >= 0.6 is 0 Å². The Morgan fingerprint density at radius 1 is 1.43 bits per heavy atom. The first-order valence-corrected chi connectivity index (χ1v) is 6.92. The van der Waals surface area contributed by atoms with Gasteiger partial charge in [-0.25, -0.2) is 4.79 Å². The molecule has 0 spiro atoms. The molecule has 3 N–H and O–H groups in total. The van der Waals surface area contributed by atoms with E-state index in [1.165, 1.54) is 0 Å². The van der Waals surface area contributed by atoms with Crippen molar-refractivity contribution in [3.05, 3.63) is 24.8 Å². The summed E-state index contributed by atoms with van der Waals surface area (Å²) in [5, 5.41) is 24.1. The number of aliphatic hydroxyl groups is 1. The van der Waals surface area contributed by atoms with E-state index in [9.17, 15) is 19.2 Å². The molecule has 0 radical (unpaired) electrons. The number of aliphatic hydroxyl groups excluding tert-OH is 1. The molecule has 3 unspecified atom stereocenters. The van der Waals surface area contributed by atoms with Crippen molar-refractivity contribution in [3.63, 3.8) is 0 Å². The average molecular weight is 326 g/mol. The van der Waals surface area contributed by atoms with Crippen molar-refractivity contribution < 1.29 is 39.2 Å². The molecule has 1 saturated heterocycles. The highest BCUT2D eigenvalue weighted by atomic mass is 16.6.